The van der Waals surface area contributed by atoms with E-state index >= 15 is 0 Å². The van der Waals surface area contributed by atoms with Crippen LogP contribution in [0, 0.1) is 5.82 Å². The number of unbranched alkanes of at least 4 members (excludes halogenated alkanes) is 1. The van der Waals surface area contributed by atoms with Crippen LogP contribution in [0.2, 0.25) is 0 Å². The second-order valence-electron chi connectivity index (χ2n) is 9.36. The number of hydrogen-bond donors (Lipinski definition) is 3. The van der Waals surface area contributed by atoms with Gasteiger partial charge in [-0.15, -0.1) is 0 Å². The number of carbonyl (C=O) groups excluding carboxylic acids is 1. The Bertz CT molecular complexity index is 1040. The minimum absolute atomic E-state index is 0.0309. The first-order valence-corrected chi connectivity index (χ1v) is 11.8. The number of nitrogens with one attached hydrogen (secondary N) is 1. The summed E-state index contributed by atoms with van der Waals surface area (Å²) in [6.45, 7) is 2.70. The topological polar surface area (TPSA) is 108 Å². The molecule has 4 N–H and O–H groups in total. The number of nitrogens with two attached hydrogens (primary N) is 1. The van der Waals surface area contributed by atoms with Gasteiger partial charge in [-0.3, -0.25) is 4.79 Å². The van der Waals surface area contributed by atoms with Gasteiger partial charge in [0.2, 0.25) is 11.9 Å². The maximum atomic E-state index is 14.1. The second kappa shape index (κ2) is 8.87. The number of carbonyl (C=O) groups is 1. The van der Waals surface area contributed by atoms with E-state index in [-0.39, 0.29) is 30.9 Å². The summed E-state index contributed by atoms with van der Waals surface area (Å²) in [5, 5.41) is 12.5. The lowest BCUT2D eigenvalue weighted by Crippen LogP contribution is -2.40. The first-order valence-electron chi connectivity index (χ1n) is 11.8. The van der Waals surface area contributed by atoms with Crippen LogP contribution >= 0.6 is 0 Å². The molecule has 2 fully saturated rings. The number of nitrogens with zero attached hydrogens (tertiary/aromatic N) is 4. The zero-order valence-electron chi connectivity index (χ0n) is 18.8. The molecule has 1 amide bonds. The summed E-state index contributed by atoms with van der Waals surface area (Å²) < 4.78 is 14.1. The minimum Gasteiger partial charge on any atom is -0.396 e. The van der Waals surface area contributed by atoms with Crippen molar-refractivity contribution < 1.29 is 14.3 Å². The molecule has 3 aliphatic rings. The molecule has 2 aliphatic heterocycles. The molecule has 0 atom stereocenters. The number of aliphatic hydroxyl groups is 1. The van der Waals surface area contributed by atoms with Crippen LogP contribution < -0.4 is 20.9 Å². The van der Waals surface area contributed by atoms with Crippen LogP contribution in [0.5, 0.6) is 0 Å². The monoisotopic (exact) mass is 454 g/mol. The molecule has 176 valence electrons. The Balaban J connectivity index is 1.42. The quantitative estimate of drug-likeness (QED) is 0.526. The highest BCUT2D eigenvalue weighted by molar-refractivity contribution is 6.10. The van der Waals surface area contributed by atoms with Gasteiger partial charge in [-0.25, -0.2) is 9.37 Å². The average Bonchev–Trinajstić information content (AvgIpc) is 3.59. The number of aromatic nitrogens is 2. The molecule has 1 spiro atoms. The highest BCUT2D eigenvalue weighted by Crippen LogP contribution is 2.57. The summed E-state index contributed by atoms with van der Waals surface area (Å²) in [6.07, 6.45) is 6.68. The standard InChI is InChI=1S/C24H31FN6O2/c25-17-3-4-19-20(13-17)31(22(33)24(19)7-8-24)15-16-14-28-23(30-10-5-18(26)6-11-30)29-21(16)27-9-1-2-12-32/h3-4,13-14,18,32H,1-2,5-12,15,26H2,(H,27,28,29). The van der Waals surface area contributed by atoms with Crippen LogP contribution in [0.15, 0.2) is 24.4 Å². The molecule has 5 rings (SSSR count). The number of benzene rings is 1. The summed E-state index contributed by atoms with van der Waals surface area (Å²) >= 11 is 0. The van der Waals surface area contributed by atoms with E-state index in [0.29, 0.717) is 30.4 Å². The Morgan fingerprint density at radius 2 is 2.03 bits per heavy atom. The number of fused-ring (bicyclic) bond motifs is 2. The first-order chi connectivity index (χ1) is 16.0. The Morgan fingerprint density at radius 3 is 2.76 bits per heavy atom. The predicted molar refractivity (Wildman–Crippen MR) is 125 cm³/mol. The molecule has 1 aromatic carbocycles. The Kier molecular flexibility index (Phi) is 5.92. The molecule has 2 aromatic rings. The lowest BCUT2D eigenvalue weighted by Gasteiger charge is -2.30. The van der Waals surface area contributed by atoms with Gasteiger partial charge in [-0.05, 0) is 56.2 Å². The van der Waals surface area contributed by atoms with Crippen LogP contribution in [0.25, 0.3) is 0 Å². The number of aliphatic hydroxyl groups excluding tert-OH is 1. The molecule has 1 aliphatic carbocycles. The van der Waals surface area contributed by atoms with Gasteiger partial charge in [0.15, 0.2) is 0 Å². The number of anilines is 3. The molecular weight excluding hydrogens is 423 g/mol. The van der Waals surface area contributed by atoms with Crippen molar-refractivity contribution in [1.29, 1.82) is 0 Å². The summed E-state index contributed by atoms with van der Waals surface area (Å²) in [4.78, 5) is 26.5. The Labute approximate surface area is 193 Å². The van der Waals surface area contributed by atoms with Gasteiger partial charge < -0.3 is 26.0 Å². The molecule has 1 aromatic heterocycles. The average molecular weight is 455 g/mol. The SMILES string of the molecule is NC1CCN(c2ncc(CN3C(=O)C4(CC4)c4ccc(F)cc43)c(NCCCCO)n2)CC1. The Morgan fingerprint density at radius 1 is 1.24 bits per heavy atom. The van der Waals surface area contributed by atoms with E-state index in [9.17, 15) is 9.18 Å². The van der Waals surface area contributed by atoms with E-state index in [1.54, 1.807) is 17.2 Å². The van der Waals surface area contributed by atoms with Crippen molar-refractivity contribution >= 4 is 23.4 Å². The van der Waals surface area contributed by atoms with Crippen molar-refractivity contribution in [2.24, 2.45) is 5.73 Å². The van der Waals surface area contributed by atoms with E-state index in [4.69, 9.17) is 15.8 Å². The fourth-order valence-electron chi connectivity index (χ4n) is 4.91. The Hall–Kier alpha value is -2.78. The number of halogens is 1. The third-order valence-electron chi connectivity index (χ3n) is 7.05. The maximum Gasteiger partial charge on any atom is 0.238 e. The van der Waals surface area contributed by atoms with Crippen molar-refractivity contribution in [2.45, 2.75) is 56.5 Å². The number of amides is 1. The lowest BCUT2D eigenvalue weighted by atomic mass is 9.98. The second-order valence-corrected chi connectivity index (χ2v) is 9.36. The number of rotatable bonds is 8. The van der Waals surface area contributed by atoms with Gasteiger partial charge in [0, 0.05) is 44.0 Å². The largest absolute Gasteiger partial charge is 0.396 e. The van der Waals surface area contributed by atoms with Gasteiger partial charge in [-0.1, -0.05) is 6.07 Å². The first kappa shape index (κ1) is 22.0. The summed E-state index contributed by atoms with van der Waals surface area (Å²) in [7, 11) is 0. The molecule has 33 heavy (non-hydrogen) atoms. The molecule has 0 unspecified atom stereocenters. The minimum atomic E-state index is -0.481. The van der Waals surface area contributed by atoms with Crippen LogP contribution in [0.1, 0.15) is 49.7 Å². The van der Waals surface area contributed by atoms with Gasteiger partial charge in [0.05, 0.1) is 17.6 Å². The van der Waals surface area contributed by atoms with Crippen molar-refractivity contribution in [2.75, 3.05) is 41.4 Å². The third-order valence-corrected chi connectivity index (χ3v) is 7.05. The summed E-state index contributed by atoms with van der Waals surface area (Å²) in [5.41, 5.74) is 7.92. The van der Waals surface area contributed by atoms with Crippen molar-refractivity contribution in [3.8, 4) is 0 Å². The zero-order valence-corrected chi connectivity index (χ0v) is 18.8. The molecule has 3 heterocycles. The highest BCUT2D eigenvalue weighted by atomic mass is 19.1. The fourth-order valence-corrected chi connectivity index (χ4v) is 4.91. The molecule has 1 saturated heterocycles. The molecule has 0 bridgehead atoms. The van der Waals surface area contributed by atoms with Gasteiger partial charge in [0.25, 0.3) is 0 Å². The molecule has 0 radical (unpaired) electrons. The van der Waals surface area contributed by atoms with Gasteiger partial charge in [-0.2, -0.15) is 4.98 Å². The highest BCUT2D eigenvalue weighted by Gasteiger charge is 2.59. The van der Waals surface area contributed by atoms with Gasteiger partial charge >= 0.3 is 0 Å². The maximum absolute atomic E-state index is 14.1. The van der Waals surface area contributed by atoms with E-state index in [0.717, 1.165) is 56.3 Å². The fraction of sp³-hybridized carbons (Fsp3) is 0.542. The molecule has 1 saturated carbocycles. The molecule has 9 heteroatoms. The summed E-state index contributed by atoms with van der Waals surface area (Å²) in [6, 6.07) is 4.87. The van der Waals surface area contributed by atoms with Crippen molar-refractivity contribution in [1.82, 2.24) is 9.97 Å². The van der Waals surface area contributed by atoms with E-state index < -0.39 is 5.41 Å². The molecular formula is C24H31FN6O2. The zero-order chi connectivity index (χ0) is 23.0. The van der Waals surface area contributed by atoms with Gasteiger partial charge in [0.1, 0.15) is 11.6 Å². The van der Waals surface area contributed by atoms with Crippen molar-refractivity contribution in [3.63, 3.8) is 0 Å². The smallest absolute Gasteiger partial charge is 0.238 e. The normalized spacial score (nSPS) is 19.3. The van der Waals surface area contributed by atoms with Crippen LogP contribution in [-0.2, 0) is 16.8 Å². The van der Waals surface area contributed by atoms with Crippen LogP contribution in [0.3, 0.4) is 0 Å². The number of hydrogen-bond acceptors (Lipinski definition) is 7. The summed E-state index contributed by atoms with van der Waals surface area (Å²) in [5.74, 6) is 1.01. The van der Waals surface area contributed by atoms with E-state index in [1.165, 1.54) is 12.1 Å². The van der Waals surface area contributed by atoms with Crippen LogP contribution in [-0.4, -0.2) is 53.3 Å². The van der Waals surface area contributed by atoms with E-state index in [2.05, 4.69) is 15.2 Å². The van der Waals surface area contributed by atoms with Crippen LogP contribution in [0.4, 0.5) is 21.8 Å². The van der Waals surface area contributed by atoms with E-state index in [1.807, 2.05) is 0 Å². The van der Waals surface area contributed by atoms with Crippen molar-refractivity contribution in [3.05, 3.63) is 41.3 Å². The molecule has 8 nitrogen and oxygen atoms in total. The number of piperidine rings is 1. The third kappa shape index (κ3) is 4.15. The lowest BCUT2D eigenvalue weighted by molar-refractivity contribution is -0.120. The predicted octanol–water partition coefficient (Wildman–Crippen LogP) is 2.31.